The number of nitrogens with zero attached hydrogens (tertiary/aromatic N) is 2. The minimum absolute atomic E-state index is 0.0745. The van der Waals surface area contributed by atoms with Crippen molar-refractivity contribution in [2.24, 2.45) is 5.92 Å². The van der Waals surface area contributed by atoms with Gasteiger partial charge in [-0.05, 0) is 49.9 Å². The summed E-state index contributed by atoms with van der Waals surface area (Å²) in [6, 6.07) is 7.62. The minimum atomic E-state index is -0.185. The van der Waals surface area contributed by atoms with Crippen molar-refractivity contribution in [1.29, 1.82) is 0 Å². The van der Waals surface area contributed by atoms with Crippen molar-refractivity contribution in [1.82, 2.24) is 15.5 Å². The van der Waals surface area contributed by atoms with Gasteiger partial charge in [-0.1, -0.05) is 42.4 Å². The lowest BCUT2D eigenvalue weighted by atomic mass is 9.89. The molecule has 1 aromatic heterocycles. The first-order valence-electron chi connectivity index (χ1n) is 9.33. The first-order chi connectivity index (χ1) is 13.1. The molecule has 8 heteroatoms. The molecular formula is C19H26N4O2S2. The van der Waals surface area contributed by atoms with Gasteiger partial charge in [0.05, 0.1) is 12.4 Å². The fourth-order valence-electron chi connectivity index (χ4n) is 3.09. The van der Waals surface area contributed by atoms with Crippen molar-refractivity contribution in [2.75, 3.05) is 19.0 Å². The van der Waals surface area contributed by atoms with Gasteiger partial charge in [-0.25, -0.2) is 0 Å². The summed E-state index contributed by atoms with van der Waals surface area (Å²) < 4.78 is 5.94. The van der Waals surface area contributed by atoms with Crippen molar-refractivity contribution < 1.29 is 9.53 Å². The number of carbonyl (C=O) groups excluding carboxylic acids is 1. The molecule has 0 bridgehead atoms. The third-order valence-corrected chi connectivity index (χ3v) is 6.71. The monoisotopic (exact) mass is 406 g/mol. The number of aromatic nitrogens is 2. The zero-order valence-corrected chi connectivity index (χ0v) is 17.4. The summed E-state index contributed by atoms with van der Waals surface area (Å²) in [6.07, 6.45) is 6.39. The zero-order chi connectivity index (χ0) is 19.1. The number of anilines is 2. The topological polar surface area (TPSA) is 76.1 Å². The maximum Gasteiger partial charge on any atom is 0.233 e. The SMILES string of the molecule is COc1ccc(Nc2nnc(S[C@@H](C)C(=O)NCC3CCCCC3)s2)cc1. The second-order valence-electron chi connectivity index (χ2n) is 6.74. The van der Waals surface area contributed by atoms with E-state index in [0.29, 0.717) is 11.0 Å². The van der Waals surface area contributed by atoms with Crippen LogP contribution in [-0.4, -0.2) is 35.0 Å². The Hall–Kier alpha value is -1.80. The number of methoxy groups -OCH3 is 1. The van der Waals surface area contributed by atoms with Crippen LogP contribution in [0, 0.1) is 5.92 Å². The highest BCUT2D eigenvalue weighted by atomic mass is 32.2. The van der Waals surface area contributed by atoms with Crippen LogP contribution in [0.4, 0.5) is 10.8 Å². The molecule has 1 aliphatic rings. The molecule has 1 aromatic carbocycles. The Morgan fingerprint density at radius 3 is 2.70 bits per heavy atom. The molecular weight excluding hydrogens is 380 g/mol. The fourth-order valence-corrected chi connectivity index (χ4v) is 5.03. The Labute approximate surface area is 168 Å². The maximum absolute atomic E-state index is 12.3. The van der Waals surface area contributed by atoms with Gasteiger partial charge in [0.2, 0.25) is 11.0 Å². The third-order valence-electron chi connectivity index (χ3n) is 4.68. The average Bonchev–Trinajstić information content (AvgIpc) is 3.14. The first kappa shape index (κ1) is 19.9. The number of thioether (sulfide) groups is 1. The van der Waals surface area contributed by atoms with Crippen LogP contribution in [0.5, 0.6) is 5.75 Å². The summed E-state index contributed by atoms with van der Waals surface area (Å²) in [7, 11) is 1.64. The number of hydrogen-bond acceptors (Lipinski definition) is 7. The van der Waals surface area contributed by atoms with E-state index in [1.165, 1.54) is 55.2 Å². The lowest BCUT2D eigenvalue weighted by Gasteiger charge is -2.22. The molecule has 0 saturated heterocycles. The predicted octanol–water partition coefficient (Wildman–Crippen LogP) is 4.47. The smallest absolute Gasteiger partial charge is 0.233 e. The standard InChI is InChI=1S/C19H26N4O2S2/c1-13(17(24)20-12-14-6-4-3-5-7-14)26-19-23-22-18(27-19)21-15-8-10-16(25-2)11-9-15/h8-11,13-14H,3-7,12H2,1-2H3,(H,20,24)(H,21,22)/t13-/m0/s1. The number of rotatable bonds is 8. The van der Waals surface area contributed by atoms with E-state index in [9.17, 15) is 4.79 Å². The molecule has 6 nitrogen and oxygen atoms in total. The van der Waals surface area contributed by atoms with Gasteiger partial charge >= 0.3 is 0 Å². The highest BCUT2D eigenvalue weighted by molar-refractivity contribution is 8.02. The van der Waals surface area contributed by atoms with E-state index in [-0.39, 0.29) is 11.2 Å². The fraction of sp³-hybridized carbons (Fsp3) is 0.526. The summed E-state index contributed by atoms with van der Waals surface area (Å²) in [6.45, 7) is 2.71. The highest BCUT2D eigenvalue weighted by Crippen LogP contribution is 2.31. The Bertz CT molecular complexity index is 730. The van der Waals surface area contributed by atoms with Crippen LogP contribution in [0.2, 0.25) is 0 Å². The number of nitrogens with one attached hydrogen (secondary N) is 2. The van der Waals surface area contributed by atoms with Gasteiger partial charge in [0.25, 0.3) is 0 Å². The van der Waals surface area contributed by atoms with Gasteiger partial charge in [0.1, 0.15) is 5.75 Å². The molecule has 0 radical (unpaired) electrons. The van der Waals surface area contributed by atoms with Crippen LogP contribution < -0.4 is 15.4 Å². The van der Waals surface area contributed by atoms with Gasteiger partial charge in [-0.3, -0.25) is 4.79 Å². The molecule has 0 unspecified atom stereocenters. The molecule has 1 heterocycles. The van der Waals surface area contributed by atoms with Crippen LogP contribution in [0.25, 0.3) is 0 Å². The lowest BCUT2D eigenvalue weighted by molar-refractivity contribution is -0.120. The van der Waals surface area contributed by atoms with Crippen LogP contribution in [-0.2, 0) is 4.79 Å². The van der Waals surface area contributed by atoms with E-state index in [1.54, 1.807) is 7.11 Å². The molecule has 2 aromatic rings. The van der Waals surface area contributed by atoms with Crippen LogP contribution in [0.15, 0.2) is 28.6 Å². The summed E-state index contributed by atoms with van der Waals surface area (Å²) in [4.78, 5) is 12.3. The molecule has 2 N–H and O–H groups in total. The molecule has 27 heavy (non-hydrogen) atoms. The second kappa shape index (κ2) is 9.94. The largest absolute Gasteiger partial charge is 0.497 e. The van der Waals surface area contributed by atoms with Crippen LogP contribution in [0.1, 0.15) is 39.0 Å². The van der Waals surface area contributed by atoms with Crippen molar-refractivity contribution in [3.63, 3.8) is 0 Å². The minimum Gasteiger partial charge on any atom is -0.497 e. The van der Waals surface area contributed by atoms with E-state index in [2.05, 4.69) is 20.8 Å². The van der Waals surface area contributed by atoms with Crippen LogP contribution in [0.3, 0.4) is 0 Å². The van der Waals surface area contributed by atoms with Gasteiger partial charge in [-0.15, -0.1) is 10.2 Å². The van der Waals surface area contributed by atoms with Gasteiger partial charge in [-0.2, -0.15) is 0 Å². The molecule has 1 saturated carbocycles. The van der Waals surface area contributed by atoms with Gasteiger partial charge in [0, 0.05) is 12.2 Å². The van der Waals surface area contributed by atoms with Crippen LogP contribution >= 0.6 is 23.1 Å². The Morgan fingerprint density at radius 2 is 2.00 bits per heavy atom. The van der Waals surface area contributed by atoms with Gasteiger partial charge in [0.15, 0.2) is 4.34 Å². The summed E-state index contributed by atoms with van der Waals surface area (Å²) >= 11 is 2.90. The third kappa shape index (κ3) is 6.10. The normalized spacial score (nSPS) is 15.9. The zero-order valence-electron chi connectivity index (χ0n) is 15.7. The summed E-state index contributed by atoms with van der Waals surface area (Å²) in [5.41, 5.74) is 0.918. The number of ether oxygens (including phenoxy) is 1. The molecule has 1 fully saturated rings. The summed E-state index contributed by atoms with van der Waals surface area (Å²) in [5.74, 6) is 1.52. The van der Waals surface area contributed by atoms with E-state index < -0.39 is 0 Å². The number of benzene rings is 1. The molecule has 146 valence electrons. The predicted molar refractivity (Wildman–Crippen MR) is 111 cm³/mol. The summed E-state index contributed by atoms with van der Waals surface area (Å²) in [5, 5.41) is 15.2. The Kier molecular flexibility index (Phi) is 7.34. The molecule has 0 spiro atoms. The Morgan fingerprint density at radius 1 is 1.26 bits per heavy atom. The van der Waals surface area contributed by atoms with Crippen molar-refractivity contribution in [3.8, 4) is 5.75 Å². The quantitative estimate of drug-likeness (QED) is 0.630. The maximum atomic E-state index is 12.3. The van der Waals surface area contributed by atoms with Crippen molar-refractivity contribution >= 4 is 39.8 Å². The Balaban J connectivity index is 1.46. The first-order valence-corrected chi connectivity index (χ1v) is 11.0. The van der Waals surface area contributed by atoms with E-state index in [4.69, 9.17) is 4.74 Å². The molecule has 3 rings (SSSR count). The van der Waals surface area contributed by atoms with E-state index in [0.717, 1.165) is 22.3 Å². The number of hydrogen-bond donors (Lipinski definition) is 2. The van der Waals surface area contributed by atoms with Crippen molar-refractivity contribution in [2.45, 2.75) is 48.6 Å². The molecule has 0 aliphatic heterocycles. The average molecular weight is 407 g/mol. The van der Waals surface area contributed by atoms with Gasteiger partial charge < -0.3 is 15.4 Å². The number of carbonyl (C=O) groups is 1. The van der Waals surface area contributed by atoms with E-state index in [1.807, 2.05) is 31.2 Å². The molecule has 1 atom stereocenters. The number of amides is 1. The highest BCUT2D eigenvalue weighted by Gasteiger charge is 2.19. The lowest BCUT2D eigenvalue weighted by Crippen LogP contribution is -2.35. The second-order valence-corrected chi connectivity index (χ2v) is 9.30. The van der Waals surface area contributed by atoms with E-state index >= 15 is 0 Å². The molecule has 1 aliphatic carbocycles. The van der Waals surface area contributed by atoms with Crippen molar-refractivity contribution in [3.05, 3.63) is 24.3 Å². The molecule has 1 amide bonds.